The number of para-hydroxylation sites is 1. The number of nitriles is 1. The summed E-state index contributed by atoms with van der Waals surface area (Å²) < 4.78 is 10.6. The molecule has 0 unspecified atom stereocenters. The molecule has 0 aliphatic rings. The van der Waals surface area contributed by atoms with Crippen LogP contribution in [0.3, 0.4) is 0 Å². The molecule has 2 rings (SSSR count). The first kappa shape index (κ1) is 14.1. The van der Waals surface area contributed by atoms with E-state index >= 15 is 0 Å². The van der Waals surface area contributed by atoms with E-state index in [-0.39, 0.29) is 0 Å². The van der Waals surface area contributed by atoms with Gasteiger partial charge >= 0.3 is 0 Å². The number of aromatic nitrogens is 1. The number of nitrogens with zero attached hydrogens (tertiary/aromatic N) is 2. The number of benzene rings is 1. The van der Waals surface area contributed by atoms with Gasteiger partial charge in [-0.25, -0.2) is 4.98 Å². The van der Waals surface area contributed by atoms with Crippen molar-refractivity contribution >= 4 is 23.0 Å². The Labute approximate surface area is 121 Å². The van der Waals surface area contributed by atoms with Crippen LogP contribution in [-0.4, -0.2) is 19.2 Å². The van der Waals surface area contributed by atoms with Gasteiger partial charge in [-0.15, -0.1) is 11.3 Å². The Morgan fingerprint density at radius 1 is 1.35 bits per heavy atom. The maximum Gasteiger partial charge on any atom is 0.167 e. The smallest absolute Gasteiger partial charge is 0.167 e. The molecule has 2 aromatic rings. The fraction of sp³-hybridized carbons (Fsp3) is 0.200. The third kappa shape index (κ3) is 2.81. The lowest BCUT2D eigenvalue weighted by Gasteiger charge is -2.10. The lowest BCUT2D eigenvalue weighted by atomic mass is 10.1. The van der Waals surface area contributed by atoms with E-state index in [1.165, 1.54) is 11.3 Å². The molecule has 0 atom stereocenters. The van der Waals surface area contributed by atoms with Crippen molar-refractivity contribution in [2.24, 2.45) is 0 Å². The van der Waals surface area contributed by atoms with E-state index < -0.39 is 0 Å². The quantitative estimate of drug-likeness (QED) is 0.807. The molecule has 1 heterocycles. The number of rotatable bonds is 4. The highest BCUT2D eigenvalue weighted by molar-refractivity contribution is 7.11. The van der Waals surface area contributed by atoms with Crippen molar-refractivity contribution in [1.82, 2.24) is 4.98 Å². The van der Waals surface area contributed by atoms with Crippen LogP contribution in [-0.2, 0) is 0 Å². The third-order valence-corrected chi connectivity index (χ3v) is 3.70. The van der Waals surface area contributed by atoms with E-state index in [0.717, 1.165) is 11.3 Å². The molecule has 0 N–H and O–H groups in total. The van der Waals surface area contributed by atoms with Crippen molar-refractivity contribution in [1.29, 1.82) is 5.26 Å². The molecule has 0 aliphatic heterocycles. The summed E-state index contributed by atoms with van der Waals surface area (Å²) in [5.74, 6) is 1.24. The highest BCUT2D eigenvalue weighted by Gasteiger charge is 2.11. The average molecular weight is 286 g/mol. The monoisotopic (exact) mass is 286 g/mol. The molecular weight excluding hydrogens is 272 g/mol. The van der Waals surface area contributed by atoms with Crippen molar-refractivity contribution in [3.05, 3.63) is 39.8 Å². The fourth-order valence-corrected chi connectivity index (χ4v) is 2.56. The van der Waals surface area contributed by atoms with Crippen LogP contribution in [0.4, 0.5) is 0 Å². The number of aryl methyl sites for hydroxylation is 1. The summed E-state index contributed by atoms with van der Waals surface area (Å²) in [6, 6.07) is 7.73. The number of hydrogen-bond acceptors (Lipinski definition) is 5. The minimum Gasteiger partial charge on any atom is -0.493 e. The Kier molecular flexibility index (Phi) is 4.38. The summed E-state index contributed by atoms with van der Waals surface area (Å²) in [5.41, 5.74) is 2.20. The standard InChI is InChI=1S/C15H14N2O2S/c1-10-9-20-15(17-10)12(8-16)7-11-5-4-6-13(18-2)14(11)19-3/h4-7,9H,1-3H3. The number of thiazole rings is 1. The van der Waals surface area contributed by atoms with Gasteiger partial charge in [0.25, 0.3) is 0 Å². The van der Waals surface area contributed by atoms with Gasteiger partial charge in [0.1, 0.15) is 11.1 Å². The molecule has 0 saturated heterocycles. The Hall–Kier alpha value is -2.32. The second-order valence-electron chi connectivity index (χ2n) is 4.05. The minimum atomic E-state index is 0.509. The van der Waals surface area contributed by atoms with Crippen molar-refractivity contribution in [3.8, 4) is 17.6 Å². The predicted molar refractivity (Wildman–Crippen MR) is 79.9 cm³/mol. The van der Waals surface area contributed by atoms with E-state index in [4.69, 9.17) is 9.47 Å². The molecule has 0 radical (unpaired) electrons. The van der Waals surface area contributed by atoms with Gasteiger partial charge in [-0.1, -0.05) is 12.1 Å². The van der Waals surface area contributed by atoms with Crippen molar-refractivity contribution in [3.63, 3.8) is 0 Å². The maximum absolute atomic E-state index is 9.32. The minimum absolute atomic E-state index is 0.509. The zero-order chi connectivity index (χ0) is 14.5. The van der Waals surface area contributed by atoms with E-state index in [2.05, 4.69) is 11.1 Å². The molecule has 0 saturated carbocycles. The van der Waals surface area contributed by atoms with Crippen LogP contribution < -0.4 is 9.47 Å². The molecule has 102 valence electrons. The Balaban J connectivity index is 2.51. The summed E-state index contributed by atoms with van der Waals surface area (Å²) in [6.07, 6.45) is 1.76. The zero-order valence-corrected chi connectivity index (χ0v) is 12.3. The van der Waals surface area contributed by atoms with Gasteiger partial charge in [-0.2, -0.15) is 5.26 Å². The Morgan fingerprint density at radius 3 is 2.70 bits per heavy atom. The molecular formula is C15H14N2O2S. The van der Waals surface area contributed by atoms with Gasteiger partial charge in [0, 0.05) is 16.6 Å². The summed E-state index contributed by atoms with van der Waals surface area (Å²) in [4.78, 5) is 4.33. The number of methoxy groups -OCH3 is 2. The van der Waals surface area contributed by atoms with E-state index in [1.54, 1.807) is 20.3 Å². The molecule has 0 fully saturated rings. The molecule has 0 bridgehead atoms. The highest BCUT2D eigenvalue weighted by atomic mass is 32.1. The van der Waals surface area contributed by atoms with Gasteiger partial charge in [-0.3, -0.25) is 0 Å². The summed E-state index contributed by atoms with van der Waals surface area (Å²) in [6.45, 7) is 1.90. The summed E-state index contributed by atoms with van der Waals surface area (Å²) >= 11 is 1.45. The molecule has 20 heavy (non-hydrogen) atoms. The van der Waals surface area contributed by atoms with Gasteiger partial charge in [0.05, 0.1) is 19.8 Å². The van der Waals surface area contributed by atoms with Crippen molar-refractivity contribution in [2.45, 2.75) is 6.92 Å². The van der Waals surface area contributed by atoms with E-state index in [1.807, 2.05) is 30.5 Å². The van der Waals surface area contributed by atoms with Crippen LogP contribution in [0.25, 0.3) is 11.6 Å². The second-order valence-corrected chi connectivity index (χ2v) is 4.90. The zero-order valence-electron chi connectivity index (χ0n) is 11.5. The van der Waals surface area contributed by atoms with E-state index in [9.17, 15) is 5.26 Å². The normalized spacial score (nSPS) is 11.0. The molecule has 5 heteroatoms. The molecule has 0 amide bonds. The van der Waals surface area contributed by atoms with Crippen LogP contribution >= 0.6 is 11.3 Å². The molecule has 4 nitrogen and oxygen atoms in total. The van der Waals surface area contributed by atoms with Crippen LogP contribution in [0.5, 0.6) is 11.5 Å². The average Bonchev–Trinajstić information content (AvgIpc) is 2.90. The van der Waals surface area contributed by atoms with Crippen LogP contribution in [0.2, 0.25) is 0 Å². The topological polar surface area (TPSA) is 55.1 Å². The largest absolute Gasteiger partial charge is 0.493 e. The van der Waals surface area contributed by atoms with Gasteiger partial charge in [-0.05, 0) is 19.1 Å². The lowest BCUT2D eigenvalue weighted by molar-refractivity contribution is 0.354. The maximum atomic E-state index is 9.32. The summed E-state index contributed by atoms with van der Waals surface area (Å²) in [7, 11) is 3.16. The van der Waals surface area contributed by atoms with Gasteiger partial charge in [0.2, 0.25) is 0 Å². The van der Waals surface area contributed by atoms with Crippen LogP contribution in [0.15, 0.2) is 23.6 Å². The lowest BCUT2D eigenvalue weighted by Crippen LogP contribution is -1.93. The first-order chi connectivity index (χ1) is 9.69. The first-order valence-electron chi connectivity index (χ1n) is 5.95. The number of hydrogen-bond donors (Lipinski definition) is 0. The summed E-state index contributed by atoms with van der Waals surface area (Å²) in [5, 5.41) is 11.9. The van der Waals surface area contributed by atoms with Crippen LogP contribution in [0.1, 0.15) is 16.3 Å². The van der Waals surface area contributed by atoms with Crippen molar-refractivity contribution < 1.29 is 9.47 Å². The highest BCUT2D eigenvalue weighted by Crippen LogP contribution is 2.33. The van der Waals surface area contributed by atoms with Gasteiger partial charge < -0.3 is 9.47 Å². The van der Waals surface area contributed by atoms with Gasteiger partial charge in [0.15, 0.2) is 11.5 Å². The van der Waals surface area contributed by atoms with E-state index in [0.29, 0.717) is 22.1 Å². The SMILES string of the molecule is COc1cccc(C=C(C#N)c2nc(C)cs2)c1OC. The second kappa shape index (κ2) is 6.22. The van der Waals surface area contributed by atoms with Crippen LogP contribution in [0, 0.1) is 18.3 Å². The first-order valence-corrected chi connectivity index (χ1v) is 6.83. The molecule has 0 spiro atoms. The van der Waals surface area contributed by atoms with Crippen molar-refractivity contribution in [2.75, 3.05) is 14.2 Å². The Morgan fingerprint density at radius 2 is 2.15 bits per heavy atom. The fourth-order valence-electron chi connectivity index (χ4n) is 1.80. The Bertz CT molecular complexity index is 683. The predicted octanol–water partition coefficient (Wildman–Crippen LogP) is 3.53. The molecule has 0 aliphatic carbocycles. The molecule has 1 aromatic carbocycles. The molecule has 1 aromatic heterocycles. The number of ether oxygens (including phenoxy) is 2. The third-order valence-electron chi connectivity index (χ3n) is 2.70. The number of allylic oxidation sites excluding steroid dienone is 1.